The number of hydrogen-bond acceptors (Lipinski definition) is 2. The van der Waals surface area contributed by atoms with Gasteiger partial charge < -0.3 is 5.32 Å². The minimum atomic E-state index is 0.0214. The average Bonchev–Trinajstić information content (AvgIpc) is 3.21. The zero-order chi connectivity index (χ0) is 13.2. The van der Waals surface area contributed by atoms with Gasteiger partial charge in [-0.05, 0) is 36.1 Å². The zero-order valence-corrected chi connectivity index (χ0v) is 11.0. The van der Waals surface area contributed by atoms with Crippen molar-refractivity contribution in [1.82, 2.24) is 4.98 Å². The standard InChI is InChI=1S/C15H13ClN2O/c16-14-4-2-1-3-11(14)12-9-13(12)15(19)18-10-5-7-17-8-6-10/h1-8,12-13H,9H2,(H,17,18,19). The Hall–Kier alpha value is -1.87. The van der Waals surface area contributed by atoms with E-state index < -0.39 is 0 Å². The van der Waals surface area contributed by atoms with E-state index in [2.05, 4.69) is 10.3 Å². The molecular formula is C15H13ClN2O. The molecule has 1 aliphatic carbocycles. The lowest BCUT2D eigenvalue weighted by Gasteiger charge is -2.05. The van der Waals surface area contributed by atoms with Crippen molar-refractivity contribution in [2.24, 2.45) is 5.92 Å². The summed E-state index contributed by atoms with van der Waals surface area (Å²) in [4.78, 5) is 16.0. The largest absolute Gasteiger partial charge is 0.326 e. The monoisotopic (exact) mass is 272 g/mol. The number of carbonyl (C=O) groups excluding carboxylic acids is 1. The van der Waals surface area contributed by atoms with Gasteiger partial charge in [0.2, 0.25) is 5.91 Å². The second-order valence-electron chi connectivity index (χ2n) is 4.70. The van der Waals surface area contributed by atoms with Crippen molar-refractivity contribution < 1.29 is 4.79 Å². The number of nitrogens with one attached hydrogen (secondary N) is 1. The van der Waals surface area contributed by atoms with Crippen molar-refractivity contribution >= 4 is 23.2 Å². The number of anilines is 1. The number of halogens is 1. The fourth-order valence-electron chi connectivity index (χ4n) is 2.27. The van der Waals surface area contributed by atoms with E-state index in [1.807, 2.05) is 24.3 Å². The van der Waals surface area contributed by atoms with E-state index in [9.17, 15) is 4.79 Å². The number of carbonyl (C=O) groups is 1. The number of benzene rings is 1. The van der Waals surface area contributed by atoms with E-state index in [1.54, 1.807) is 24.5 Å². The first-order valence-corrected chi connectivity index (χ1v) is 6.59. The van der Waals surface area contributed by atoms with Crippen LogP contribution in [0.4, 0.5) is 5.69 Å². The summed E-state index contributed by atoms with van der Waals surface area (Å²) >= 11 is 6.15. The highest BCUT2D eigenvalue weighted by molar-refractivity contribution is 6.31. The van der Waals surface area contributed by atoms with Gasteiger partial charge in [0.05, 0.1) is 0 Å². The van der Waals surface area contributed by atoms with Gasteiger partial charge in [0.1, 0.15) is 0 Å². The SMILES string of the molecule is O=C(Nc1ccncc1)C1CC1c1ccccc1Cl. The molecule has 0 saturated heterocycles. The van der Waals surface area contributed by atoms with Gasteiger partial charge in [0, 0.05) is 29.0 Å². The molecule has 1 aromatic heterocycles. The van der Waals surface area contributed by atoms with Crippen molar-refractivity contribution in [2.45, 2.75) is 12.3 Å². The van der Waals surface area contributed by atoms with Gasteiger partial charge in [-0.3, -0.25) is 9.78 Å². The quantitative estimate of drug-likeness (QED) is 0.929. The molecule has 1 N–H and O–H groups in total. The van der Waals surface area contributed by atoms with Gasteiger partial charge in [0.15, 0.2) is 0 Å². The molecule has 1 aliphatic rings. The molecule has 1 saturated carbocycles. The Morgan fingerprint density at radius 2 is 1.95 bits per heavy atom. The van der Waals surface area contributed by atoms with Crippen LogP contribution in [0.15, 0.2) is 48.8 Å². The van der Waals surface area contributed by atoms with Crippen LogP contribution in [0, 0.1) is 5.92 Å². The van der Waals surface area contributed by atoms with Crippen LogP contribution < -0.4 is 5.32 Å². The van der Waals surface area contributed by atoms with Crippen LogP contribution >= 0.6 is 11.6 Å². The van der Waals surface area contributed by atoms with Crippen molar-refractivity contribution in [3.63, 3.8) is 0 Å². The van der Waals surface area contributed by atoms with Crippen molar-refractivity contribution in [1.29, 1.82) is 0 Å². The topological polar surface area (TPSA) is 42.0 Å². The highest BCUT2D eigenvalue weighted by Crippen LogP contribution is 2.49. The zero-order valence-electron chi connectivity index (χ0n) is 10.2. The van der Waals surface area contributed by atoms with Crippen molar-refractivity contribution in [2.75, 3.05) is 5.32 Å². The summed E-state index contributed by atoms with van der Waals surface area (Å²) in [6, 6.07) is 11.3. The average molecular weight is 273 g/mol. The molecule has 3 rings (SSSR count). The second kappa shape index (κ2) is 5.02. The molecule has 1 amide bonds. The summed E-state index contributed by atoms with van der Waals surface area (Å²) in [5, 5.41) is 3.64. The number of aromatic nitrogens is 1. The molecule has 3 nitrogen and oxygen atoms in total. The predicted molar refractivity (Wildman–Crippen MR) is 75.2 cm³/mol. The minimum absolute atomic E-state index is 0.0214. The molecule has 0 aliphatic heterocycles. The molecule has 0 bridgehead atoms. The molecule has 96 valence electrons. The molecule has 1 heterocycles. The van der Waals surface area contributed by atoms with Crippen LogP contribution in [-0.4, -0.2) is 10.9 Å². The summed E-state index contributed by atoms with van der Waals surface area (Å²) in [6.45, 7) is 0. The first-order valence-electron chi connectivity index (χ1n) is 6.21. The first kappa shape index (κ1) is 12.2. The smallest absolute Gasteiger partial charge is 0.228 e. The molecule has 0 spiro atoms. The summed E-state index contributed by atoms with van der Waals surface area (Å²) in [5.41, 5.74) is 1.85. The molecule has 2 atom stereocenters. The van der Waals surface area contributed by atoms with Crippen LogP contribution in [-0.2, 0) is 4.79 Å². The summed E-state index contributed by atoms with van der Waals surface area (Å²) < 4.78 is 0. The number of rotatable bonds is 3. The van der Waals surface area contributed by atoms with Crippen LogP contribution in [0.1, 0.15) is 17.9 Å². The lowest BCUT2D eigenvalue weighted by molar-refractivity contribution is -0.117. The number of nitrogens with zero attached hydrogens (tertiary/aromatic N) is 1. The summed E-state index contributed by atoms with van der Waals surface area (Å²) in [5.74, 6) is 0.319. The van der Waals surface area contributed by atoms with Crippen LogP contribution in [0.2, 0.25) is 5.02 Å². The van der Waals surface area contributed by atoms with Crippen LogP contribution in [0.5, 0.6) is 0 Å². The van der Waals surface area contributed by atoms with E-state index >= 15 is 0 Å². The predicted octanol–water partition coefficient (Wildman–Crippen LogP) is 3.48. The third kappa shape index (κ3) is 2.61. The Balaban J connectivity index is 1.67. The summed E-state index contributed by atoms with van der Waals surface area (Å²) in [7, 11) is 0. The van der Waals surface area contributed by atoms with E-state index in [4.69, 9.17) is 11.6 Å². The highest BCUT2D eigenvalue weighted by atomic mass is 35.5. The number of pyridine rings is 1. The Labute approximate surface area is 116 Å². The molecule has 1 fully saturated rings. The maximum atomic E-state index is 12.1. The molecule has 0 radical (unpaired) electrons. The highest BCUT2D eigenvalue weighted by Gasteiger charge is 2.44. The summed E-state index contributed by atoms with van der Waals surface area (Å²) in [6.07, 6.45) is 4.18. The molecule has 2 unspecified atom stereocenters. The normalized spacial score (nSPS) is 20.9. The lowest BCUT2D eigenvalue weighted by Crippen LogP contribution is -2.14. The molecule has 2 aromatic rings. The van der Waals surface area contributed by atoms with Crippen LogP contribution in [0.3, 0.4) is 0 Å². The Bertz CT molecular complexity index is 600. The van der Waals surface area contributed by atoms with E-state index in [1.165, 1.54) is 0 Å². The second-order valence-corrected chi connectivity index (χ2v) is 5.10. The van der Waals surface area contributed by atoms with Gasteiger partial charge in [-0.15, -0.1) is 0 Å². The van der Waals surface area contributed by atoms with E-state index in [0.717, 1.165) is 22.7 Å². The Kier molecular flexibility index (Phi) is 3.22. The maximum Gasteiger partial charge on any atom is 0.228 e. The molecule has 19 heavy (non-hydrogen) atoms. The van der Waals surface area contributed by atoms with Crippen molar-refractivity contribution in [3.05, 3.63) is 59.4 Å². The third-order valence-electron chi connectivity index (χ3n) is 3.38. The van der Waals surface area contributed by atoms with E-state index in [0.29, 0.717) is 0 Å². The fraction of sp³-hybridized carbons (Fsp3) is 0.200. The number of hydrogen-bond donors (Lipinski definition) is 1. The molecule has 1 aromatic carbocycles. The van der Waals surface area contributed by atoms with Gasteiger partial charge in [-0.2, -0.15) is 0 Å². The number of amides is 1. The third-order valence-corrected chi connectivity index (χ3v) is 3.72. The lowest BCUT2D eigenvalue weighted by atomic mass is 10.1. The van der Waals surface area contributed by atoms with Crippen LogP contribution in [0.25, 0.3) is 0 Å². The maximum absolute atomic E-state index is 12.1. The fourth-order valence-corrected chi connectivity index (χ4v) is 2.55. The first-order chi connectivity index (χ1) is 9.25. The Morgan fingerprint density at radius 3 is 2.68 bits per heavy atom. The minimum Gasteiger partial charge on any atom is -0.326 e. The van der Waals surface area contributed by atoms with Crippen molar-refractivity contribution in [3.8, 4) is 0 Å². The van der Waals surface area contributed by atoms with Gasteiger partial charge in [0.25, 0.3) is 0 Å². The van der Waals surface area contributed by atoms with Gasteiger partial charge >= 0.3 is 0 Å². The van der Waals surface area contributed by atoms with Gasteiger partial charge in [-0.25, -0.2) is 0 Å². The van der Waals surface area contributed by atoms with Gasteiger partial charge in [-0.1, -0.05) is 29.8 Å². The van der Waals surface area contributed by atoms with E-state index in [-0.39, 0.29) is 17.7 Å². The Morgan fingerprint density at radius 1 is 1.21 bits per heavy atom. The molecule has 4 heteroatoms. The molecular weight excluding hydrogens is 260 g/mol.